The molecule has 5 heteroatoms. The maximum atomic E-state index is 5.91. The molecule has 4 rings (SSSR count). The molecule has 0 amide bonds. The molecule has 0 aliphatic carbocycles. The summed E-state index contributed by atoms with van der Waals surface area (Å²) in [6.07, 6.45) is 0. The first kappa shape index (κ1) is 14.2. The molecule has 0 saturated heterocycles. The van der Waals surface area contributed by atoms with E-state index in [0.717, 1.165) is 14.4 Å². The van der Waals surface area contributed by atoms with Gasteiger partial charge in [0, 0.05) is 0 Å². The average molecular weight is 420 g/mol. The van der Waals surface area contributed by atoms with E-state index in [9.17, 15) is 0 Å². The van der Waals surface area contributed by atoms with Crippen LogP contribution in [-0.4, -0.2) is 9.38 Å². The average Bonchev–Trinajstić information content (AvgIpc) is 3.04. The van der Waals surface area contributed by atoms with E-state index in [1.165, 1.54) is 15.8 Å². The van der Waals surface area contributed by atoms with Crippen molar-refractivity contribution in [1.29, 1.82) is 0 Å². The zero-order valence-corrected chi connectivity index (χ0v) is 14.7. The number of hydrogen-bond acceptors (Lipinski definition) is 3. The normalized spacial score (nSPS) is 11.5. The van der Waals surface area contributed by atoms with Crippen molar-refractivity contribution in [2.45, 2.75) is 13.2 Å². The Balaban J connectivity index is 1.64. The Morgan fingerprint density at radius 2 is 1.77 bits per heavy atom. The highest BCUT2D eigenvalue weighted by molar-refractivity contribution is 14.1. The van der Waals surface area contributed by atoms with Gasteiger partial charge >= 0.3 is 0 Å². The number of thiazole rings is 1. The summed E-state index contributed by atoms with van der Waals surface area (Å²) in [5.74, 6) is 0. The van der Waals surface area contributed by atoms with Gasteiger partial charge in [0.25, 0.3) is 0 Å². The van der Waals surface area contributed by atoms with E-state index in [1.54, 1.807) is 11.3 Å². The van der Waals surface area contributed by atoms with Gasteiger partial charge in [-0.25, -0.2) is 4.98 Å². The van der Waals surface area contributed by atoms with Crippen molar-refractivity contribution in [3.63, 3.8) is 0 Å². The number of hydrogen-bond donors (Lipinski definition) is 0. The SMILES string of the molecule is Ic1nc2sc3ccccc3n2c1COCc1ccccc1. The Bertz CT molecular complexity index is 930. The van der Waals surface area contributed by atoms with E-state index in [2.05, 4.69) is 68.4 Å². The van der Waals surface area contributed by atoms with E-state index >= 15 is 0 Å². The van der Waals surface area contributed by atoms with Gasteiger partial charge in [-0.2, -0.15) is 0 Å². The van der Waals surface area contributed by atoms with E-state index in [0.29, 0.717) is 13.2 Å². The largest absolute Gasteiger partial charge is 0.370 e. The molecule has 22 heavy (non-hydrogen) atoms. The highest BCUT2D eigenvalue weighted by atomic mass is 127. The summed E-state index contributed by atoms with van der Waals surface area (Å²) in [5, 5.41) is 0. The monoisotopic (exact) mass is 420 g/mol. The van der Waals surface area contributed by atoms with Crippen LogP contribution in [0.2, 0.25) is 0 Å². The maximum Gasteiger partial charge on any atom is 0.196 e. The molecular formula is C17H13IN2OS. The van der Waals surface area contributed by atoms with Gasteiger partial charge < -0.3 is 4.74 Å². The van der Waals surface area contributed by atoms with Gasteiger partial charge in [0.2, 0.25) is 0 Å². The third-order valence-electron chi connectivity index (χ3n) is 3.55. The number of fused-ring (bicyclic) bond motifs is 3. The lowest BCUT2D eigenvalue weighted by Crippen LogP contribution is -1.99. The molecule has 0 unspecified atom stereocenters. The van der Waals surface area contributed by atoms with Crippen LogP contribution in [0.3, 0.4) is 0 Å². The molecule has 0 aliphatic heterocycles. The number of imidazole rings is 1. The Hall–Kier alpha value is -1.44. The lowest BCUT2D eigenvalue weighted by Gasteiger charge is -2.05. The highest BCUT2D eigenvalue weighted by Gasteiger charge is 2.15. The molecule has 2 aromatic carbocycles. The number of aromatic nitrogens is 2. The van der Waals surface area contributed by atoms with Crippen LogP contribution in [-0.2, 0) is 18.0 Å². The van der Waals surface area contributed by atoms with Gasteiger partial charge in [-0.15, -0.1) is 0 Å². The van der Waals surface area contributed by atoms with E-state index in [4.69, 9.17) is 4.74 Å². The van der Waals surface area contributed by atoms with Crippen molar-refractivity contribution in [3.8, 4) is 0 Å². The minimum Gasteiger partial charge on any atom is -0.370 e. The molecular weight excluding hydrogens is 407 g/mol. The van der Waals surface area contributed by atoms with Crippen LogP contribution >= 0.6 is 33.9 Å². The predicted molar refractivity (Wildman–Crippen MR) is 98.2 cm³/mol. The first-order valence-electron chi connectivity index (χ1n) is 6.99. The molecule has 0 bridgehead atoms. The van der Waals surface area contributed by atoms with Gasteiger partial charge in [-0.1, -0.05) is 53.8 Å². The number of rotatable bonds is 4. The number of benzene rings is 2. The van der Waals surface area contributed by atoms with Crippen LogP contribution in [0.5, 0.6) is 0 Å². The summed E-state index contributed by atoms with van der Waals surface area (Å²) < 4.78 is 10.4. The summed E-state index contributed by atoms with van der Waals surface area (Å²) in [6, 6.07) is 18.6. The van der Waals surface area contributed by atoms with E-state index < -0.39 is 0 Å². The molecule has 0 atom stereocenters. The number of halogens is 1. The highest BCUT2D eigenvalue weighted by Crippen LogP contribution is 2.29. The zero-order chi connectivity index (χ0) is 14.9. The Labute approximate surface area is 145 Å². The van der Waals surface area contributed by atoms with Crippen molar-refractivity contribution in [2.24, 2.45) is 0 Å². The van der Waals surface area contributed by atoms with Crippen LogP contribution in [0.25, 0.3) is 15.2 Å². The van der Waals surface area contributed by atoms with Gasteiger partial charge in [-0.3, -0.25) is 4.40 Å². The molecule has 0 aliphatic rings. The second-order valence-corrected chi connectivity index (χ2v) is 7.05. The molecule has 3 nitrogen and oxygen atoms in total. The standard InChI is InChI=1S/C17H13IN2OS/c18-16-14(11-21-10-12-6-2-1-3-7-12)20-13-8-4-5-9-15(13)22-17(20)19-16/h1-9H,10-11H2. The molecule has 0 N–H and O–H groups in total. The molecule has 0 spiro atoms. The summed E-state index contributed by atoms with van der Waals surface area (Å²) in [4.78, 5) is 5.70. The molecule has 4 aromatic rings. The van der Waals surface area contributed by atoms with E-state index in [-0.39, 0.29) is 0 Å². The van der Waals surface area contributed by atoms with Crippen LogP contribution < -0.4 is 0 Å². The fourth-order valence-electron chi connectivity index (χ4n) is 2.51. The summed E-state index contributed by atoms with van der Waals surface area (Å²) in [6.45, 7) is 1.18. The van der Waals surface area contributed by atoms with Crippen LogP contribution in [0.4, 0.5) is 0 Å². The van der Waals surface area contributed by atoms with Gasteiger partial charge in [0.05, 0.1) is 29.1 Å². The molecule has 2 heterocycles. The molecule has 110 valence electrons. The topological polar surface area (TPSA) is 26.5 Å². The Kier molecular flexibility index (Phi) is 3.85. The molecule has 0 saturated carbocycles. The number of para-hydroxylation sites is 1. The van der Waals surface area contributed by atoms with Crippen molar-refractivity contribution in [1.82, 2.24) is 9.38 Å². The zero-order valence-electron chi connectivity index (χ0n) is 11.7. The molecule has 2 aromatic heterocycles. The minimum absolute atomic E-state index is 0.565. The van der Waals surface area contributed by atoms with Crippen molar-refractivity contribution in [3.05, 3.63) is 69.6 Å². The van der Waals surface area contributed by atoms with E-state index in [1.807, 2.05) is 18.2 Å². The number of ether oxygens (including phenoxy) is 1. The third kappa shape index (κ3) is 2.53. The summed E-state index contributed by atoms with van der Waals surface area (Å²) >= 11 is 4.01. The van der Waals surface area contributed by atoms with Crippen LogP contribution in [0.15, 0.2) is 54.6 Å². The smallest absolute Gasteiger partial charge is 0.196 e. The Morgan fingerprint density at radius 3 is 2.64 bits per heavy atom. The lowest BCUT2D eigenvalue weighted by atomic mass is 10.2. The van der Waals surface area contributed by atoms with Gasteiger partial charge in [0.15, 0.2) is 4.96 Å². The first-order valence-corrected chi connectivity index (χ1v) is 8.88. The molecule has 0 fully saturated rings. The van der Waals surface area contributed by atoms with Gasteiger partial charge in [-0.05, 0) is 40.3 Å². The van der Waals surface area contributed by atoms with Crippen LogP contribution in [0.1, 0.15) is 11.3 Å². The van der Waals surface area contributed by atoms with Crippen molar-refractivity contribution < 1.29 is 4.74 Å². The predicted octanol–water partition coefficient (Wildman–Crippen LogP) is 4.87. The van der Waals surface area contributed by atoms with Crippen LogP contribution in [0, 0.1) is 3.70 Å². The quantitative estimate of drug-likeness (QED) is 0.441. The third-order valence-corrected chi connectivity index (χ3v) is 5.44. The minimum atomic E-state index is 0.565. The fraction of sp³-hybridized carbons (Fsp3) is 0.118. The Morgan fingerprint density at radius 1 is 1.00 bits per heavy atom. The maximum absolute atomic E-state index is 5.91. The first-order chi connectivity index (χ1) is 10.8. The van der Waals surface area contributed by atoms with Crippen molar-refractivity contribution in [2.75, 3.05) is 0 Å². The second-order valence-electron chi connectivity index (χ2n) is 5.02. The summed E-state index contributed by atoms with van der Waals surface area (Å²) in [7, 11) is 0. The fourth-order valence-corrected chi connectivity index (χ4v) is 4.35. The lowest BCUT2D eigenvalue weighted by molar-refractivity contribution is 0.104. The molecule has 0 radical (unpaired) electrons. The summed E-state index contributed by atoms with van der Waals surface area (Å²) in [5.41, 5.74) is 3.52. The van der Waals surface area contributed by atoms with Crippen molar-refractivity contribution >= 4 is 49.1 Å². The number of nitrogens with zero attached hydrogens (tertiary/aromatic N) is 2. The van der Waals surface area contributed by atoms with Gasteiger partial charge in [0.1, 0.15) is 3.70 Å². The second kappa shape index (κ2) is 5.98.